The highest BCUT2D eigenvalue weighted by Crippen LogP contribution is 2.42. The van der Waals surface area contributed by atoms with Crippen molar-refractivity contribution in [1.82, 2.24) is 4.98 Å². The summed E-state index contributed by atoms with van der Waals surface area (Å²) in [6.45, 7) is 0. The van der Waals surface area contributed by atoms with E-state index in [-0.39, 0.29) is 0 Å². The van der Waals surface area contributed by atoms with E-state index in [0.29, 0.717) is 5.89 Å². The zero-order valence-corrected chi connectivity index (χ0v) is 28.3. The number of para-hydroxylation sites is 1. The fraction of sp³-hybridized carbons (Fsp3) is 0. The predicted octanol–water partition coefficient (Wildman–Crippen LogP) is 13.8. The van der Waals surface area contributed by atoms with Gasteiger partial charge in [-0.1, -0.05) is 152 Å². The smallest absolute Gasteiger partial charge is 0.227 e. The lowest BCUT2D eigenvalue weighted by atomic mass is 9.97. The minimum Gasteiger partial charge on any atom is -0.435 e. The Bertz CT molecular complexity index is 2910. The first-order valence-electron chi connectivity index (χ1n) is 17.6. The number of anilines is 3. The molecule has 0 fully saturated rings. The molecular formula is C49H32N2O. The molecule has 244 valence electrons. The molecule has 10 aromatic rings. The van der Waals surface area contributed by atoms with Gasteiger partial charge >= 0.3 is 0 Å². The SMILES string of the molecule is c1cc(-c2cccc3ccccc23)cc(N(c2ccc(-c3cccc4nc(-c5cccc6ccccc56)oc34)cc2)c2cccc3ccccc23)c1. The van der Waals surface area contributed by atoms with Gasteiger partial charge in [-0.25, -0.2) is 4.98 Å². The summed E-state index contributed by atoms with van der Waals surface area (Å²) in [4.78, 5) is 7.32. The van der Waals surface area contributed by atoms with Gasteiger partial charge in [0.15, 0.2) is 5.58 Å². The number of fused-ring (bicyclic) bond motifs is 4. The van der Waals surface area contributed by atoms with Crippen molar-refractivity contribution in [2.45, 2.75) is 0 Å². The Labute approximate surface area is 301 Å². The van der Waals surface area contributed by atoms with Crippen LogP contribution in [0.25, 0.3) is 77.1 Å². The van der Waals surface area contributed by atoms with E-state index in [0.717, 1.165) is 55.6 Å². The number of hydrogen-bond acceptors (Lipinski definition) is 3. The summed E-state index contributed by atoms with van der Waals surface area (Å²) in [5.41, 5.74) is 10.4. The monoisotopic (exact) mass is 664 g/mol. The van der Waals surface area contributed by atoms with E-state index in [9.17, 15) is 0 Å². The van der Waals surface area contributed by atoms with E-state index in [2.05, 4.69) is 193 Å². The minimum atomic E-state index is 0.629. The molecule has 0 aliphatic carbocycles. The Morgan fingerprint density at radius 3 is 1.69 bits per heavy atom. The number of rotatable bonds is 6. The van der Waals surface area contributed by atoms with Crippen LogP contribution in [0.3, 0.4) is 0 Å². The Kier molecular flexibility index (Phi) is 7.14. The van der Waals surface area contributed by atoms with E-state index < -0.39 is 0 Å². The number of oxazole rings is 1. The molecule has 0 spiro atoms. The maximum absolute atomic E-state index is 6.58. The Hall–Kier alpha value is -6.97. The fourth-order valence-corrected chi connectivity index (χ4v) is 7.61. The van der Waals surface area contributed by atoms with Crippen LogP contribution >= 0.6 is 0 Å². The first kappa shape index (κ1) is 29.9. The summed E-state index contributed by atoms with van der Waals surface area (Å²) in [5.74, 6) is 0.629. The zero-order valence-electron chi connectivity index (χ0n) is 28.3. The van der Waals surface area contributed by atoms with E-state index >= 15 is 0 Å². The quantitative estimate of drug-likeness (QED) is 0.177. The predicted molar refractivity (Wildman–Crippen MR) is 218 cm³/mol. The van der Waals surface area contributed by atoms with Gasteiger partial charge < -0.3 is 9.32 Å². The van der Waals surface area contributed by atoms with Crippen molar-refractivity contribution in [1.29, 1.82) is 0 Å². The molecule has 0 aliphatic rings. The third-order valence-electron chi connectivity index (χ3n) is 10.1. The molecule has 0 aliphatic heterocycles. The van der Waals surface area contributed by atoms with Crippen LogP contribution in [0.1, 0.15) is 0 Å². The Morgan fingerprint density at radius 1 is 0.385 bits per heavy atom. The van der Waals surface area contributed by atoms with Crippen LogP contribution in [-0.2, 0) is 0 Å². The second kappa shape index (κ2) is 12.4. The maximum Gasteiger partial charge on any atom is 0.227 e. The average Bonchev–Trinajstić information content (AvgIpc) is 3.66. The van der Waals surface area contributed by atoms with Crippen molar-refractivity contribution in [2.24, 2.45) is 0 Å². The molecule has 0 saturated heterocycles. The normalized spacial score (nSPS) is 11.5. The minimum absolute atomic E-state index is 0.629. The largest absolute Gasteiger partial charge is 0.435 e. The molecule has 52 heavy (non-hydrogen) atoms. The van der Waals surface area contributed by atoms with Gasteiger partial charge in [-0.3, -0.25) is 0 Å². The summed E-state index contributed by atoms with van der Waals surface area (Å²) in [6.07, 6.45) is 0. The van der Waals surface area contributed by atoms with E-state index in [1.807, 2.05) is 6.07 Å². The van der Waals surface area contributed by atoms with E-state index in [4.69, 9.17) is 9.40 Å². The van der Waals surface area contributed by atoms with Gasteiger partial charge in [0.25, 0.3) is 0 Å². The molecule has 9 aromatic carbocycles. The Morgan fingerprint density at radius 2 is 0.942 bits per heavy atom. The molecule has 0 bridgehead atoms. The van der Waals surface area contributed by atoms with E-state index in [1.54, 1.807) is 0 Å². The highest BCUT2D eigenvalue weighted by atomic mass is 16.3. The molecule has 10 rings (SSSR count). The number of benzene rings is 9. The zero-order chi connectivity index (χ0) is 34.4. The average molecular weight is 665 g/mol. The van der Waals surface area contributed by atoms with Crippen molar-refractivity contribution >= 4 is 60.5 Å². The van der Waals surface area contributed by atoms with E-state index in [1.165, 1.54) is 32.7 Å². The molecule has 3 heteroatoms. The summed E-state index contributed by atoms with van der Waals surface area (Å²) < 4.78 is 6.58. The first-order chi connectivity index (χ1) is 25.8. The summed E-state index contributed by atoms with van der Waals surface area (Å²) in [6, 6.07) is 68.8. The molecule has 0 amide bonds. The van der Waals surface area contributed by atoms with Crippen LogP contribution in [0.4, 0.5) is 17.1 Å². The number of hydrogen-bond donors (Lipinski definition) is 0. The van der Waals surface area contributed by atoms with Crippen LogP contribution in [0, 0.1) is 0 Å². The fourth-order valence-electron chi connectivity index (χ4n) is 7.61. The molecule has 1 heterocycles. The van der Waals surface area contributed by atoms with Crippen LogP contribution in [0.15, 0.2) is 199 Å². The lowest BCUT2D eigenvalue weighted by molar-refractivity contribution is 0.621. The van der Waals surface area contributed by atoms with Gasteiger partial charge in [0.2, 0.25) is 5.89 Å². The number of nitrogens with zero attached hydrogens (tertiary/aromatic N) is 2. The van der Waals surface area contributed by atoms with Crippen molar-refractivity contribution in [2.75, 3.05) is 4.90 Å². The van der Waals surface area contributed by atoms with Crippen molar-refractivity contribution in [3.63, 3.8) is 0 Å². The number of aromatic nitrogens is 1. The summed E-state index contributed by atoms with van der Waals surface area (Å²) in [7, 11) is 0. The highest BCUT2D eigenvalue weighted by Gasteiger charge is 2.19. The molecule has 0 radical (unpaired) electrons. The summed E-state index contributed by atoms with van der Waals surface area (Å²) in [5, 5.41) is 7.16. The molecule has 0 atom stereocenters. The van der Waals surface area contributed by atoms with Gasteiger partial charge in [-0.05, 0) is 86.1 Å². The molecule has 0 unspecified atom stereocenters. The van der Waals surface area contributed by atoms with Crippen molar-refractivity contribution in [3.8, 4) is 33.7 Å². The van der Waals surface area contributed by atoms with Gasteiger partial charge in [0.05, 0.1) is 5.69 Å². The van der Waals surface area contributed by atoms with Crippen LogP contribution in [-0.4, -0.2) is 4.98 Å². The lowest BCUT2D eigenvalue weighted by Gasteiger charge is -2.27. The van der Waals surface area contributed by atoms with Crippen LogP contribution < -0.4 is 4.90 Å². The van der Waals surface area contributed by atoms with Crippen molar-refractivity contribution < 1.29 is 4.42 Å². The molecule has 0 saturated carbocycles. The third kappa shape index (κ3) is 5.10. The van der Waals surface area contributed by atoms with Gasteiger partial charge in [-0.2, -0.15) is 0 Å². The molecule has 0 N–H and O–H groups in total. The standard InChI is InChI=1S/C49H32N2O/c1-4-20-40-33(12-1)15-8-23-42(40)37-18-7-19-39(32-37)51(47-27-10-17-35-14-3-6-22-43(35)47)38-30-28-36(29-31-38)44-24-11-26-46-48(44)52-49(50-46)45-25-9-16-34-13-2-5-21-41(34)45/h1-32H. The third-order valence-corrected chi connectivity index (χ3v) is 10.1. The highest BCUT2D eigenvalue weighted by molar-refractivity contribution is 6.02. The van der Waals surface area contributed by atoms with Crippen molar-refractivity contribution in [3.05, 3.63) is 194 Å². The van der Waals surface area contributed by atoms with Crippen LogP contribution in [0.5, 0.6) is 0 Å². The second-order valence-electron chi connectivity index (χ2n) is 13.2. The second-order valence-corrected chi connectivity index (χ2v) is 13.2. The topological polar surface area (TPSA) is 29.3 Å². The maximum atomic E-state index is 6.58. The van der Waals surface area contributed by atoms with Gasteiger partial charge in [0, 0.05) is 27.9 Å². The Balaban J connectivity index is 1.09. The molecule has 3 nitrogen and oxygen atoms in total. The molecule has 1 aromatic heterocycles. The van der Waals surface area contributed by atoms with Crippen LogP contribution in [0.2, 0.25) is 0 Å². The summed E-state index contributed by atoms with van der Waals surface area (Å²) >= 11 is 0. The molecular weight excluding hydrogens is 633 g/mol. The van der Waals surface area contributed by atoms with Gasteiger partial charge in [-0.15, -0.1) is 0 Å². The first-order valence-corrected chi connectivity index (χ1v) is 17.6. The lowest BCUT2D eigenvalue weighted by Crippen LogP contribution is -2.10. The van der Waals surface area contributed by atoms with Gasteiger partial charge in [0.1, 0.15) is 5.52 Å².